The first-order chi connectivity index (χ1) is 8.54. The summed E-state index contributed by atoms with van der Waals surface area (Å²) >= 11 is 0. The Morgan fingerprint density at radius 2 is 2.28 bits per heavy atom. The van der Waals surface area contributed by atoms with Gasteiger partial charge >= 0.3 is 12.0 Å². The molecule has 2 N–H and O–H groups in total. The number of aliphatic carboxylic acids is 1. The minimum Gasteiger partial charge on any atom is -0.481 e. The molecule has 0 bridgehead atoms. The zero-order valence-electron chi connectivity index (χ0n) is 11.0. The van der Waals surface area contributed by atoms with Crippen molar-refractivity contribution < 1.29 is 19.4 Å². The first kappa shape index (κ1) is 14.8. The van der Waals surface area contributed by atoms with Gasteiger partial charge in [-0.25, -0.2) is 4.79 Å². The predicted octanol–water partition coefficient (Wildman–Crippen LogP) is 0.918. The van der Waals surface area contributed by atoms with Crippen LogP contribution in [-0.4, -0.2) is 54.4 Å². The Morgan fingerprint density at radius 3 is 2.78 bits per heavy atom. The van der Waals surface area contributed by atoms with E-state index in [1.165, 1.54) is 0 Å². The summed E-state index contributed by atoms with van der Waals surface area (Å²) in [6.45, 7) is 5.54. The standard InChI is InChI=1S/C12H22N2O4/c1-3-14(8-10-5-4-6-18-10)12(17)13-7-9(2)11(15)16/h9-10H,3-8H2,1-2H3,(H,13,17)(H,15,16). The van der Waals surface area contributed by atoms with Crippen LogP contribution >= 0.6 is 0 Å². The smallest absolute Gasteiger partial charge is 0.317 e. The van der Waals surface area contributed by atoms with Crippen LogP contribution in [0.2, 0.25) is 0 Å². The third-order valence-corrected chi connectivity index (χ3v) is 3.10. The highest BCUT2D eigenvalue weighted by molar-refractivity contribution is 5.75. The summed E-state index contributed by atoms with van der Waals surface area (Å²) in [7, 11) is 0. The molecule has 1 heterocycles. The van der Waals surface area contributed by atoms with Crippen molar-refractivity contribution in [2.24, 2.45) is 5.92 Å². The maximum atomic E-state index is 11.9. The third-order valence-electron chi connectivity index (χ3n) is 3.10. The highest BCUT2D eigenvalue weighted by Crippen LogP contribution is 2.13. The molecule has 1 fully saturated rings. The largest absolute Gasteiger partial charge is 0.481 e. The molecule has 0 radical (unpaired) electrons. The van der Waals surface area contributed by atoms with Gasteiger partial charge in [-0.05, 0) is 19.8 Å². The van der Waals surface area contributed by atoms with E-state index in [-0.39, 0.29) is 18.7 Å². The Morgan fingerprint density at radius 1 is 1.56 bits per heavy atom. The normalized spacial score (nSPS) is 20.4. The molecule has 1 aliphatic heterocycles. The fraction of sp³-hybridized carbons (Fsp3) is 0.833. The van der Waals surface area contributed by atoms with E-state index >= 15 is 0 Å². The second-order valence-corrected chi connectivity index (χ2v) is 4.60. The molecule has 104 valence electrons. The summed E-state index contributed by atoms with van der Waals surface area (Å²) in [5.41, 5.74) is 0. The molecule has 1 aliphatic rings. The number of likely N-dealkylation sites (N-methyl/N-ethyl adjacent to an activating group) is 1. The van der Waals surface area contributed by atoms with Gasteiger partial charge in [-0.3, -0.25) is 4.79 Å². The van der Waals surface area contributed by atoms with Gasteiger partial charge in [-0.15, -0.1) is 0 Å². The van der Waals surface area contributed by atoms with Gasteiger partial charge in [0.15, 0.2) is 0 Å². The molecule has 0 aliphatic carbocycles. The maximum Gasteiger partial charge on any atom is 0.317 e. The third kappa shape index (κ3) is 4.52. The van der Waals surface area contributed by atoms with E-state index in [0.717, 1.165) is 19.4 Å². The van der Waals surface area contributed by atoms with Crippen LogP contribution in [-0.2, 0) is 9.53 Å². The minimum atomic E-state index is -0.905. The Labute approximate surface area is 107 Å². The highest BCUT2D eigenvalue weighted by atomic mass is 16.5. The first-order valence-electron chi connectivity index (χ1n) is 6.41. The lowest BCUT2D eigenvalue weighted by Gasteiger charge is -2.24. The number of nitrogens with one attached hydrogen (secondary N) is 1. The fourth-order valence-corrected chi connectivity index (χ4v) is 1.83. The van der Waals surface area contributed by atoms with Crippen molar-refractivity contribution in [3.63, 3.8) is 0 Å². The maximum absolute atomic E-state index is 11.9. The number of carboxylic acid groups (broad SMARTS) is 1. The molecular weight excluding hydrogens is 236 g/mol. The van der Waals surface area contributed by atoms with Crippen molar-refractivity contribution in [1.82, 2.24) is 10.2 Å². The summed E-state index contributed by atoms with van der Waals surface area (Å²) in [5.74, 6) is -1.48. The Kier molecular flexibility index (Phi) is 5.91. The minimum absolute atomic E-state index is 0.118. The number of hydrogen-bond donors (Lipinski definition) is 2. The lowest BCUT2D eigenvalue weighted by atomic mass is 10.2. The first-order valence-corrected chi connectivity index (χ1v) is 6.41. The summed E-state index contributed by atoms with van der Waals surface area (Å²) in [4.78, 5) is 24.2. The molecule has 2 atom stereocenters. The Hall–Kier alpha value is -1.30. The number of amides is 2. The topological polar surface area (TPSA) is 78.9 Å². The molecule has 0 aromatic heterocycles. The van der Waals surface area contributed by atoms with Gasteiger partial charge in [0, 0.05) is 26.2 Å². The highest BCUT2D eigenvalue weighted by Gasteiger charge is 2.22. The van der Waals surface area contributed by atoms with Crippen LogP contribution in [0.3, 0.4) is 0 Å². The predicted molar refractivity (Wildman–Crippen MR) is 66.4 cm³/mol. The molecule has 1 rings (SSSR count). The molecule has 0 spiro atoms. The molecule has 6 nitrogen and oxygen atoms in total. The average Bonchev–Trinajstić information content (AvgIpc) is 2.85. The number of nitrogens with zero attached hydrogens (tertiary/aromatic N) is 1. The lowest BCUT2D eigenvalue weighted by molar-refractivity contribution is -0.140. The Balaban J connectivity index is 2.34. The molecule has 0 aromatic carbocycles. The second kappa shape index (κ2) is 7.20. The molecular formula is C12H22N2O4. The zero-order chi connectivity index (χ0) is 13.5. The molecule has 1 saturated heterocycles. The number of carboxylic acids is 1. The monoisotopic (exact) mass is 258 g/mol. The van der Waals surface area contributed by atoms with Gasteiger partial charge in [0.1, 0.15) is 0 Å². The number of rotatable bonds is 6. The van der Waals surface area contributed by atoms with E-state index in [0.29, 0.717) is 13.1 Å². The van der Waals surface area contributed by atoms with Crippen molar-refractivity contribution in [3.05, 3.63) is 0 Å². The van der Waals surface area contributed by atoms with Crippen molar-refractivity contribution in [2.75, 3.05) is 26.2 Å². The van der Waals surface area contributed by atoms with Crippen LogP contribution in [0.15, 0.2) is 0 Å². The second-order valence-electron chi connectivity index (χ2n) is 4.60. The number of ether oxygens (including phenoxy) is 1. The number of urea groups is 1. The van der Waals surface area contributed by atoms with Crippen LogP contribution in [0.5, 0.6) is 0 Å². The van der Waals surface area contributed by atoms with E-state index in [9.17, 15) is 9.59 Å². The van der Waals surface area contributed by atoms with Gasteiger partial charge in [0.05, 0.1) is 12.0 Å². The van der Waals surface area contributed by atoms with Crippen molar-refractivity contribution in [3.8, 4) is 0 Å². The summed E-state index contributed by atoms with van der Waals surface area (Å²) in [6, 6.07) is -0.221. The summed E-state index contributed by atoms with van der Waals surface area (Å²) in [5, 5.41) is 11.4. The van der Waals surface area contributed by atoms with Crippen molar-refractivity contribution >= 4 is 12.0 Å². The number of carbonyl (C=O) groups is 2. The summed E-state index contributed by atoms with van der Waals surface area (Å²) < 4.78 is 5.48. The van der Waals surface area contributed by atoms with E-state index in [2.05, 4.69) is 5.32 Å². The van der Waals surface area contributed by atoms with Crippen LogP contribution in [0.1, 0.15) is 26.7 Å². The summed E-state index contributed by atoms with van der Waals surface area (Å²) in [6.07, 6.45) is 2.14. The van der Waals surface area contributed by atoms with Gasteiger partial charge < -0.3 is 20.1 Å². The fourth-order valence-electron chi connectivity index (χ4n) is 1.83. The van der Waals surface area contributed by atoms with Crippen LogP contribution in [0, 0.1) is 5.92 Å². The van der Waals surface area contributed by atoms with E-state index in [1.54, 1.807) is 11.8 Å². The van der Waals surface area contributed by atoms with Crippen LogP contribution in [0.25, 0.3) is 0 Å². The average molecular weight is 258 g/mol. The van der Waals surface area contributed by atoms with Gasteiger partial charge in [0.25, 0.3) is 0 Å². The molecule has 2 unspecified atom stereocenters. The van der Waals surface area contributed by atoms with Gasteiger partial charge in [0.2, 0.25) is 0 Å². The zero-order valence-corrected chi connectivity index (χ0v) is 11.0. The molecule has 6 heteroatoms. The molecule has 2 amide bonds. The molecule has 18 heavy (non-hydrogen) atoms. The van der Waals surface area contributed by atoms with Crippen LogP contribution in [0.4, 0.5) is 4.79 Å². The van der Waals surface area contributed by atoms with Gasteiger partial charge in [-0.2, -0.15) is 0 Å². The number of hydrogen-bond acceptors (Lipinski definition) is 3. The van der Waals surface area contributed by atoms with E-state index in [1.807, 2.05) is 6.92 Å². The molecule has 0 saturated carbocycles. The van der Waals surface area contributed by atoms with Crippen molar-refractivity contribution in [2.45, 2.75) is 32.8 Å². The number of carbonyl (C=O) groups excluding carboxylic acids is 1. The van der Waals surface area contributed by atoms with Crippen molar-refractivity contribution in [1.29, 1.82) is 0 Å². The van der Waals surface area contributed by atoms with Gasteiger partial charge in [-0.1, -0.05) is 6.92 Å². The SMILES string of the molecule is CCN(CC1CCCO1)C(=O)NCC(C)C(=O)O. The van der Waals surface area contributed by atoms with E-state index < -0.39 is 11.9 Å². The van der Waals surface area contributed by atoms with E-state index in [4.69, 9.17) is 9.84 Å². The Bertz CT molecular complexity index is 290. The quantitative estimate of drug-likeness (QED) is 0.742. The van der Waals surface area contributed by atoms with Crippen LogP contribution < -0.4 is 5.32 Å². The molecule has 0 aromatic rings. The lowest BCUT2D eigenvalue weighted by Crippen LogP contribution is -2.45.